The summed E-state index contributed by atoms with van der Waals surface area (Å²) in [5, 5.41) is 3.34. The van der Waals surface area contributed by atoms with E-state index in [-0.39, 0.29) is 0 Å². The summed E-state index contributed by atoms with van der Waals surface area (Å²) in [4.78, 5) is 0. The standard InChI is InChI=1S/C11H23NO/c1-2-3-4-5-6-10-13-11-8-7-9-12-11/h11-12H,2-10H2,1H3. The topological polar surface area (TPSA) is 21.3 Å². The first-order valence-corrected chi connectivity index (χ1v) is 5.78. The second kappa shape index (κ2) is 7.34. The molecule has 0 aromatic carbocycles. The number of ether oxygens (including phenoxy) is 1. The SMILES string of the molecule is CCCCCCCOC1CCCN1. The van der Waals surface area contributed by atoms with Gasteiger partial charge in [-0.15, -0.1) is 0 Å². The summed E-state index contributed by atoms with van der Waals surface area (Å²) in [5.74, 6) is 0. The molecule has 1 aliphatic heterocycles. The van der Waals surface area contributed by atoms with Crippen molar-refractivity contribution in [2.24, 2.45) is 0 Å². The van der Waals surface area contributed by atoms with Crippen molar-refractivity contribution in [3.8, 4) is 0 Å². The first-order valence-electron chi connectivity index (χ1n) is 5.78. The van der Waals surface area contributed by atoms with E-state index in [1.54, 1.807) is 0 Å². The van der Waals surface area contributed by atoms with Gasteiger partial charge in [0.25, 0.3) is 0 Å². The van der Waals surface area contributed by atoms with Gasteiger partial charge in [0, 0.05) is 6.61 Å². The van der Waals surface area contributed by atoms with Gasteiger partial charge in [0.15, 0.2) is 0 Å². The lowest BCUT2D eigenvalue weighted by molar-refractivity contribution is 0.0410. The van der Waals surface area contributed by atoms with Gasteiger partial charge >= 0.3 is 0 Å². The fourth-order valence-electron chi connectivity index (χ4n) is 1.73. The molecule has 0 saturated carbocycles. The molecule has 1 saturated heterocycles. The van der Waals surface area contributed by atoms with Crippen LogP contribution in [0.25, 0.3) is 0 Å². The zero-order valence-corrected chi connectivity index (χ0v) is 8.85. The third kappa shape index (κ3) is 5.27. The van der Waals surface area contributed by atoms with Gasteiger partial charge in [0.1, 0.15) is 6.23 Å². The molecule has 0 aromatic heterocycles. The zero-order chi connectivity index (χ0) is 9.36. The second-order valence-corrected chi connectivity index (χ2v) is 3.87. The van der Waals surface area contributed by atoms with E-state index in [0.717, 1.165) is 13.2 Å². The van der Waals surface area contributed by atoms with Crippen LogP contribution in [0, 0.1) is 0 Å². The quantitative estimate of drug-likeness (QED) is 0.616. The molecule has 0 bridgehead atoms. The van der Waals surface area contributed by atoms with Crippen LogP contribution in [0.1, 0.15) is 51.9 Å². The van der Waals surface area contributed by atoms with Crippen molar-refractivity contribution in [1.29, 1.82) is 0 Å². The van der Waals surface area contributed by atoms with Crippen LogP contribution in [0.5, 0.6) is 0 Å². The number of nitrogens with one attached hydrogen (secondary N) is 1. The van der Waals surface area contributed by atoms with Crippen molar-refractivity contribution in [2.75, 3.05) is 13.2 Å². The van der Waals surface area contributed by atoms with Gasteiger partial charge in [-0.2, -0.15) is 0 Å². The molecule has 1 heterocycles. The van der Waals surface area contributed by atoms with Gasteiger partial charge in [-0.25, -0.2) is 0 Å². The molecule has 0 aromatic rings. The zero-order valence-electron chi connectivity index (χ0n) is 8.85. The molecule has 1 rings (SSSR count). The lowest BCUT2D eigenvalue weighted by Gasteiger charge is -2.11. The second-order valence-electron chi connectivity index (χ2n) is 3.87. The van der Waals surface area contributed by atoms with Crippen molar-refractivity contribution >= 4 is 0 Å². The fourth-order valence-corrected chi connectivity index (χ4v) is 1.73. The molecular formula is C11H23NO. The monoisotopic (exact) mass is 185 g/mol. The van der Waals surface area contributed by atoms with Crippen molar-refractivity contribution in [3.05, 3.63) is 0 Å². The lowest BCUT2D eigenvalue weighted by atomic mass is 10.2. The Balaban J connectivity index is 1.78. The summed E-state index contributed by atoms with van der Waals surface area (Å²) in [7, 11) is 0. The Bertz CT molecular complexity index is 111. The highest BCUT2D eigenvalue weighted by molar-refractivity contribution is 4.64. The largest absolute Gasteiger partial charge is 0.363 e. The molecule has 0 radical (unpaired) electrons. The Morgan fingerprint density at radius 3 is 2.77 bits per heavy atom. The molecule has 1 aliphatic rings. The summed E-state index contributed by atoms with van der Waals surface area (Å²) in [6.45, 7) is 4.33. The summed E-state index contributed by atoms with van der Waals surface area (Å²) >= 11 is 0. The predicted molar refractivity (Wildman–Crippen MR) is 55.7 cm³/mol. The van der Waals surface area contributed by atoms with Gasteiger partial charge in [-0.3, -0.25) is 5.32 Å². The molecule has 2 heteroatoms. The van der Waals surface area contributed by atoms with Crippen LogP contribution in [-0.4, -0.2) is 19.4 Å². The van der Waals surface area contributed by atoms with E-state index in [1.807, 2.05) is 0 Å². The minimum atomic E-state index is 0.367. The highest BCUT2D eigenvalue weighted by atomic mass is 16.5. The summed E-state index contributed by atoms with van der Waals surface area (Å²) < 4.78 is 5.67. The Hall–Kier alpha value is -0.0800. The number of hydrogen-bond donors (Lipinski definition) is 1. The van der Waals surface area contributed by atoms with Crippen LogP contribution < -0.4 is 5.32 Å². The molecule has 1 atom stereocenters. The van der Waals surface area contributed by atoms with Crippen LogP contribution >= 0.6 is 0 Å². The predicted octanol–water partition coefficient (Wildman–Crippen LogP) is 2.68. The van der Waals surface area contributed by atoms with Crippen LogP contribution in [0.4, 0.5) is 0 Å². The highest BCUT2D eigenvalue weighted by Crippen LogP contribution is 2.08. The Labute approximate surface area is 82.0 Å². The smallest absolute Gasteiger partial charge is 0.108 e. The third-order valence-corrected chi connectivity index (χ3v) is 2.58. The van der Waals surface area contributed by atoms with E-state index >= 15 is 0 Å². The van der Waals surface area contributed by atoms with E-state index in [1.165, 1.54) is 44.9 Å². The first-order chi connectivity index (χ1) is 6.43. The average molecular weight is 185 g/mol. The van der Waals surface area contributed by atoms with E-state index in [9.17, 15) is 0 Å². The Kier molecular flexibility index (Phi) is 6.21. The summed E-state index contributed by atoms with van der Waals surface area (Å²) in [6.07, 6.45) is 9.49. The first kappa shape index (κ1) is 11.0. The molecule has 1 fully saturated rings. The number of hydrogen-bond acceptors (Lipinski definition) is 2. The van der Waals surface area contributed by atoms with Crippen LogP contribution in [0.2, 0.25) is 0 Å². The minimum Gasteiger partial charge on any atom is -0.363 e. The molecular weight excluding hydrogens is 162 g/mol. The van der Waals surface area contributed by atoms with Gasteiger partial charge in [-0.1, -0.05) is 32.6 Å². The maximum atomic E-state index is 5.67. The maximum absolute atomic E-state index is 5.67. The van der Waals surface area contributed by atoms with Gasteiger partial charge in [0.05, 0.1) is 0 Å². The molecule has 1 unspecified atom stereocenters. The number of unbranched alkanes of at least 4 members (excludes halogenated alkanes) is 4. The minimum absolute atomic E-state index is 0.367. The maximum Gasteiger partial charge on any atom is 0.108 e. The van der Waals surface area contributed by atoms with E-state index in [0.29, 0.717) is 6.23 Å². The fraction of sp³-hybridized carbons (Fsp3) is 1.00. The summed E-state index contributed by atoms with van der Waals surface area (Å²) in [6, 6.07) is 0. The number of rotatable bonds is 7. The van der Waals surface area contributed by atoms with Crippen LogP contribution in [0.3, 0.4) is 0 Å². The molecule has 0 amide bonds. The van der Waals surface area contributed by atoms with Gasteiger partial charge in [0.2, 0.25) is 0 Å². The van der Waals surface area contributed by atoms with Crippen LogP contribution in [0.15, 0.2) is 0 Å². The van der Waals surface area contributed by atoms with E-state index in [2.05, 4.69) is 12.2 Å². The third-order valence-electron chi connectivity index (χ3n) is 2.58. The van der Waals surface area contributed by atoms with Crippen molar-refractivity contribution < 1.29 is 4.74 Å². The highest BCUT2D eigenvalue weighted by Gasteiger charge is 2.12. The van der Waals surface area contributed by atoms with Gasteiger partial charge in [-0.05, 0) is 25.8 Å². The molecule has 2 nitrogen and oxygen atoms in total. The average Bonchev–Trinajstić information content (AvgIpc) is 2.63. The lowest BCUT2D eigenvalue weighted by Crippen LogP contribution is -2.24. The molecule has 13 heavy (non-hydrogen) atoms. The van der Waals surface area contributed by atoms with E-state index < -0.39 is 0 Å². The Morgan fingerprint density at radius 1 is 1.23 bits per heavy atom. The normalized spacial score (nSPS) is 22.4. The Morgan fingerprint density at radius 2 is 2.08 bits per heavy atom. The van der Waals surface area contributed by atoms with E-state index in [4.69, 9.17) is 4.74 Å². The molecule has 0 aliphatic carbocycles. The van der Waals surface area contributed by atoms with Crippen molar-refractivity contribution in [3.63, 3.8) is 0 Å². The molecule has 78 valence electrons. The van der Waals surface area contributed by atoms with Gasteiger partial charge < -0.3 is 4.74 Å². The molecule has 0 spiro atoms. The van der Waals surface area contributed by atoms with Crippen molar-refractivity contribution in [2.45, 2.75) is 58.1 Å². The van der Waals surface area contributed by atoms with Crippen LogP contribution in [-0.2, 0) is 4.74 Å². The van der Waals surface area contributed by atoms with Crippen molar-refractivity contribution in [1.82, 2.24) is 5.32 Å². The summed E-state index contributed by atoms with van der Waals surface area (Å²) in [5.41, 5.74) is 0. The molecule has 1 N–H and O–H groups in total.